The highest BCUT2D eigenvalue weighted by atomic mass is 35.5. The summed E-state index contributed by atoms with van der Waals surface area (Å²) >= 11 is 11.7. The average molecular weight is 281 g/mol. The van der Waals surface area contributed by atoms with Gasteiger partial charge < -0.3 is 0 Å². The first kappa shape index (κ1) is 11.9. The molecule has 0 unspecified atom stereocenters. The number of carbonyl (C=O) groups excluding carboxylic acids is 1. The lowest BCUT2D eigenvalue weighted by Gasteiger charge is -2.08. The molecule has 18 heavy (non-hydrogen) atoms. The minimum Gasteiger partial charge on any atom is -0.275 e. The third kappa shape index (κ3) is 1.88. The molecule has 3 nitrogen and oxygen atoms in total. The zero-order chi connectivity index (χ0) is 12.9. The molecule has 2 aromatic heterocycles. The van der Waals surface area contributed by atoms with Crippen molar-refractivity contribution in [3.05, 3.63) is 34.2 Å². The summed E-state index contributed by atoms with van der Waals surface area (Å²) in [4.78, 5) is 20.1. The van der Waals surface area contributed by atoms with Crippen LogP contribution in [0.4, 0.5) is 0 Å². The van der Waals surface area contributed by atoms with E-state index in [9.17, 15) is 4.79 Å². The van der Waals surface area contributed by atoms with Crippen molar-refractivity contribution in [1.29, 1.82) is 0 Å². The fourth-order valence-corrected chi connectivity index (χ4v) is 2.57. The molecule has 2 heterocycles. The van der Waals surface area contributed by atoms with Gasteiger partial charge >= 0.3 is 0 Å². The highest BCUT2D eigenvalue weighted by Gasteiger charge is 2.28. The Morgan fingerprint density at radius 2 is 2.17 bits per heavy atom. The van der Waals surface area contributed by atoms with Gasteiger partial charge in [0.25, 0.3) is 5.24 Å². The minimum absolute atomic E-state index is 0.248. The number of aryl methyl sites for hydroxylation is 1. The summed E-state index contributed by atoms with van der Waals surface area (Å²) in [5.41, 5.74) is 2.90. The summed E-state index contributed by atoms with van der Waals surface area (Å²) in [7, 11) is 0. The Bertz CT molecular complexity index is 666. The molecule has 2 aromatic rings. The second-order valence-corrected chi connectivity index (χ2v) is 5.30. The zero-order valence-electron chi connectivity index (χ0n) is 9.70. The van der Waals surface area contributed by atoms with Gasteiger partial charge in [-0.2, -0.15) is 0 Å². The molecular formula is C13H10Cl2N2O. The van der Waals surface area contributed by atoms with Gasteiger partial charge in [0.2, 0.25) is 0 Å². The van der Waals surface area contributed by atoms with Gasteiger partial charge in [-0.05, 0) is 37.4 Å². The van der Waals surface area contributed by atoms with E-state index in [1.165, 1.54) is 6.20 Å². The van der Waals surface area contributed by atoms with Crippen LogP contribution in [0, 0.1) is 6.92 Å². The lowest BCUT2D eigenvalue weighted by Crippen LogP contribution is -1.99. The van der Waals surface area contributed by atoms with Crippen LogP contribution in [0.2, 0.25) is 5.02 Å². The number of rotatable bonds is 2. The van der Waals surface area contributed by atoms with Crippen molar-refractivity contribution in [2.45, 2.75) is 25.7 Å². The van der Waals surface area contributed by atoms with Crippen LogP contribution >= 0.6 is 23.2 Å². The van der Waals surface area contributed by atoms with Gasteiger partial charge in [0.1, 0.15) is 0 Å². The Kier molecular flexibility index (Phi) is 2.76. The van der Waals surface area contributed by atoms with E-state index in [1.54, 1.807) is 0 Å². The van der Waals surface area contributed by atoms with E-state index < -0.39 is 5.24 Å². The van der Waals surface area contributed by atoms with Crippen molar-refractivity contribution in [1.82, 2.24) is 9.97 Å². The minimum atomic E-state index is -0.586. The molecule has 0 saturated heterocycles. The van der Waals surface area contributed by atoms with Crippen LogP contribution in [0.5, 0.6) is 0 Å². The number of hydrogen-bond acceptors (Lipinski definition) is 3. The van der Waals surface area contributed by atoms with Crippen molar-refractivity contribution in [3.63, 3.8) is 0 Å². The van der Waals surface area contributed by atoms with E-state index in [0.717, 1.165) is 35.1 Å². The maximum absolute atomic E-state index is 11.3. The van der Waals surface area contributed by atoms with E-state index in [2.05, 4.69) is 9.97 Å². The Balaban J connectivity index is 2.34. The van der Waals surface area contributed by atoms with Gasteiger partial charge in [0, 0.05) is 23.2 Å². The summed E-state index contributed by atoms with van der Waals surface area (Å²) in [5, 5.41) is 0.543. The smallest absolute Gasteiger partial charge is 0.255 e. The van der Waals surface area contributed by atoms with E-state index in [1.807, 2.05) is 13.0 Å². The quantitative estimate of drug-likeness (QED) is 0.785. The van der Waals surface area contributed by atoms with Crippen molar-refractivity contribution in [2.75, 3.05) is 0 Å². The molecule has 5 heteroatoms. The van der Waals surface area contributed by atoms with Crippen LogP contribution < -0.4 is 0 Å². The third-order valence-electron chi connectivity index (χ3n) is 3.12. The molecule has 0 amide bonds. The number of nitrogens with zero attached hydrogens (tertiary/aromatic N) is 2. The maximum atomic E-state index is 11.3. The van der Waals surface area contributed by atoms with Gasteiger partial charge in [0.05, 0.1) is 21.8 Å². The van der Waals surface area contributed by atoms with E-state index >= 15 is 0 Å². The predicted molar refractivity (Wildman–Crippen MR) is 71.4 cm³/mol. The second kappa shape index (κ2) is 4.18. The van der Waals surface area contributed by atoms with Crippen molar-refractivity contribution < 1.29 is 4.79 Å². The van der Waals surface area contributed by atoms with Crippen molar-refractivity contribution >= 4 is 39.3 Å². The van der Waals surface area contributed by atoms with Crippen LogP contribution in [0.15, 0.2) is 12.3 Å². The SMILES string of the molecule is Cc1cc2c(Cl)c(C(=O)Cl)cnc2c(C2CC2)n1. The molecular weight excluding hydrogens is 271 g/mol. The first-order chi connectivity index (χ1) is 8.58. The van der Waals surface area contributed by atoms with Crippen LogP contribution in [0.25, 0.3) is 10.9 Å². The summed E-state index contributed by atoms with van der Waals surface area (Å²) in [6.07, 6.45) is 3.71. The van der Waals surface area contributed by atoms with Crippen LogP contribution in [0.1, 0.15) is 40.5 Å². The first-order valence-corrected chi connectivity index (χ1v) is 6.49. The molecule has 1 saturated carbocycles. The van der Waals surface area contributed by atoms with E-state index in [4.69, 9.17) is 23.2 Å². The van der Waals surface area contributed by atoms with Crippen molar-refractivity contribution in [3.8, 4) is 0 Å². The number of carbonyl (C=O) groups is 1. The summed E-state index contributed by atoms with van der Waals surface area (Å²) in [6.45, 7) is 1.91. The van der Waals surface area contributed by atoms with Gasteiger partial charge in [-0.3, -0.25) is 14.8 Å². The molecule has 0 aliphatic heterocycles. The fraction of sp³-hybridized carbons (Fsp3) is 0.308. The summed E-state index contributed by atoms with van der Waals surface area (Å²) in [6, 6.07) is 1.85. The number of pyridine rings is 2. The highest BCUT2D eigenvalue weighted by Crippen LogP contribution is 2.42. The van der Waals surface area contributed by atoms with Gasteiger partial charge in [-0.1, -0.05) is 11.6 Å². The molecule has 0 atom stereocenters. The molecule has 1 aliphatic carbocycles. The number of fused-ring (bicyclic) bond motifs is 1. The Morgan fingerprint density at radius 1 is 1.44 bits per heavy atom. The molecule has 0 aromatic carbocycles. The van der Waals surface area contributed by atoms with E-state index in [0.29, 0.717) is 10.9 Å². The lowest BCUT2D eigenvalue weighted by molar-refractivity contribution is 0.108. The number of halogens is 2. The van der Waals surface area contributed by atoms with E-state index in [-0.39, 0.29) is 5.56 Å². The van der Waals surface area contributed by atoms with Gasteiger partial charge in [0.15, 0.2) is 0 Å². The molecule has 1 aliphatic rings. The standard InChI is InChI=1S/C13H10Cl2N2O/c1-6-4-8-10(14)9(13(15)18)5-16-12(8)11(17-6)7-2-3-7/h4-5,7H,2-3H2,1H3. The zero-order valence-corrected chi connectivity index (χ0v) is 11.2. The number of aromatic nitrogens is 2. The molecule has 3 rings (SSSR count). The van der Waals surface area contributed by atoms with Crippen molar-refractivity contribution in [2.24, 2.45) is 0 Å². The molecule has 0 bridgehead atoms. The first-order valence-electron chi connectivity index (χ1n) is 5.73. The average Bonchev–Trinajstić information content (AvgIpc) is 3.13. The second-order valence-electron chi connectivity index (χ2n) is 4.58. The fourth-order valence-electron chi connectivity index (χ4n) is 2.10. The lowest BCUT2D eigenvalue weighted by atomic mass is 10.1. The highest BCUT2D eigenvalue weighted by molar-refractivity contribution is 6.69. The Hall–Kier alpha value is -1.19. The molecule has 1 fully saturated rings. The maximum Gasteiger partial charge on any atom is 0.255 e. The van der Waals surface area contributed by atoms with Gasteiger partial charge in [-0.25, -0.2) is 0 Å². The number of hydrogen-bond donors (Lipinski definition) is 0. The third-order valence-corrected chi connectivity index (χ3v) is 3.73. The Morgan fingerprint density at radius 3 is 2.78 bits per heavy atom. The molecule has 92 valence electrons. The van der Waals surface area contributed by atoms with Gasteiger partial charge in [-0.15, -0.1) is 0 Å². The summed E-state index contributed by atoms with van der Waals surface area (Å²) in [5.74, 6) is 0.480. The predicted octanol–water partition coefficient (Wildman–Crippen LogP) is 3.85. The molecule has 0 N–H and O–H groups in total. The Labute approximate surface area is 114 Å². The normalized spacial score (nSPS) is 15.1. The van der Waals surface area contributed by atoms with Crippen LogP contribution in [0.3, 0.4) is 0 Å². The molecule has 0 radical (unpaired) electrons. The monoisotopic (exact) mass is 280 g/mol. The van der Waals surface area contributed by atoms with Crippen LogP contribution in [-0.2, 0) is 0 Å². The van der Waals surface area contributed by atoms with Crippen LogP contribution in [-0.4, -0.2) is 15.2 Å². The topological polar surface area (TPSA) is 42.9 Å². The molecule has 0 spiro atoms. The summed E-state index contributed by atoms with van der Waals surface area (Å²) < 4.78 is 0. The largest absolute Gasteiger partial charge is 0.275 e.